The molecule has 2 amide bonds. The number of anilines is 1. The van der Waals surface area contributed by atoms with E-state index in [1.54, 1.807) is 41.9 Å². The summed E-state index contributed by atoms with van der Waals surface area (Å²) in [5.41, 5.74) is 2.20. The lowest BCUT2D eigenvalue weighted by Crippen LogP contribution is -2.45. The number of hydrogen-bond donors (Lipinski definition) is 1. The van der Waals surface area contributed by atoms with Crippen molar-refractivity contribution in [2.24, 2.45) is 5.92 Å². The molecule has 4 rings (SSSR count). The zero-order valence-corrected chi connectivity index (χ0v) is 24.8. The molecule has 220 valence electrons. The van der Waals surface area contributed by atoms with Crippen molar-refractivity contribution in [3.63, 3.8) is 0 Å². The maximum atomic E-state index is 13.4. The van der Waals surface area contributed by atoms with E-state index in [9.17, 15) is 9.59 Å². The normalized spacial score (nSPS) is 13.7. The van der Waals surface area contributed by atoms with Crippen molar-refractivity contribution in [3.8, 4) is 28.4 Å². The third-order valence-electron chi connectivity index (χ3n) is 6.80. The van der Waals surface area contributed by atoms with Crippen LogP contribution < -0.4 is 14.8 Å². The van der Waals surface area contributed by atoms with Crippen molar-refractivity contribution < 1.29 is 23.8 Å². The second-order valence-corrected chi connectivity index (χ2v) is 10.7. The summed E-state index contributed by atoms with van der Waals surface area (Å²) in [7, 11) is 3.14. The minimum atomic E-state index is -0.334. The number of carbonyl (C=O) groups is 2. The number of methoxy groups -OCH3 is 2. The van der Waals surface area contributed by atoms with Gasteiger partial charge in [0.25, 0.3) is 0 Å². The number of hydrogen-bond acceptors (Lipinski definition) is 7. The Morgan fingerprint density at radius 1 is 1.07 bits per heavy atom. The Morgan fingerprint density at radius 2 is 1.78 bits per heavy atom. The molecule has 1 N–H and O–H groups in total. The summed E-state index contributed by atoms with van der Waals surface area (Å²) in [6.07, 6.45) is 2.21. The molecule has 1 saturated heterocycles. The minimum Gasteiger partial charge on any atom is -0.493 e. The summed E-state index contributed by atoms with van der Waals surface area (Å²) >= 11 is 6.09. The van der Waals surface area contributed by atoms with E-state index in [2.05, 4.69) is 10.2 Å². The Morgan fingerprint density at radius 3 is 2.44 bits per heavy atom. The lowest BCUT2D eigenvalue weighted by molar-refractivity contribution is -0.135. The number of aromatic nitrogens is 2. The highest BCUT2D eigenvalue weighted by Gasteiger charge is 2.22. The van der Waals surface area contributed by atoms with Gasteiger partial charge in [0, 0.05) is 55.4 Å². The van der Waals surface area contributed by atoms with Crippen LogP contribution in [0.25, 0.3) is 16.9 Å². The second-order valence-electron chi connectivity index (χ2n) is 10.3. The Bertz CT molecular complexity index is 1320. The van der Waals surface area contributed by atoms with Gasteiger partial charge >= 0.3 is 0 Å². The predicted octanol–water partition coefficient (Wildman–Crippen LogP) is 4.36. The Labute approximate surface area is 246 Å². The van der Waals surface area contributed by atoms with E-state index in [1.165, 1.54) is 0 Å². The fourth-order valence-electron chi connectivity index (χ4n) is 4.59. The fourth-order valence-corrected chi connectivity index (χ4v) is 4.72. The van der Waals surface area contributed by atoms with E-state index in [0.717, 1.165) is 18.7 Å². The predicted molar refractivity (Wildman–Crippen MR) is 159 cm³/mol. The van der Waals surface area contributed by atoms with Crippen LogP contribution in [0, 0.1) is 5.92 Å². The number of morpholine rings is 1. The standard InChI is InChI=1S/C30H38ClN5O5/c1-21(2)17-29(38)35(12-11-34-13-15-41-16-14-34)20-28(37)33-30-32-25(22-5-7-23(31)8-6-22)19-36(30)24-9-10-26(39-3)27(18-24)40-4/h5-10,18-19,21H,11-17,20H2,1-4H3,(H,32,33,37). The van der Waals surface area contributed by atoms with Crippen LogP contribution >= 0.6 is 11.6 Å². The SMILES string of the molecule is COc1ccc(-n2cc(-c3ccc(Cl)cc3)nc2NC(=O)CN(CCN2CCOCC2)C(=O)CC(C)C)cc1OC. The molecule has 0 saturated carbocycles. The van der Waals surface area contributed by atoms with Crippen LogP contribution in [-0.2, 0) is 14.3 Å². The van der Waals surface area contributed by atoms with Crippen molar-refractivity contribution in [2.45, 2.75) is 20.3 Å². The molecule has 3 aromatic rings. The fraction of sp³-hybridized carbons (Fsp3) is 0.433. The Kier molecular flexibility index (Phi) is 10.6. The maximum Gasteiger partial charge on any atom is 0.246 e. The molecule has 1 aliphatic rings. The molecule has 1 fully saturated rings. The van der Waals surface area contributed by atoms with E-state index in [4.69, 9.17) is 30.8 Å². The van der Waals surface area contributed by atoms with Crippen molar-refractivity contribution in [3.05, 3.63) is 53.7 Å². The lowest BCUT2D eigenvalue weighted by atomic mass is 10.1. The monoisotopic (exact) mass is 583 g/mol. The first-order chi connectivity index (χ1) is 19.8. The highest BCUT2D eigenvalue weighted by atomic mass is 35.5. The van der Waals surface area contributed by atoms with E-state index in [1.807, 2.05) is 44.3 Å². The number of imidazole rings is 1. The molecule has 0 radical (unpaired) electrons. The molecule has 0 spiro atoms. The first-order valence-electron chi connectivity index (χ1n) is 13.7. The van der Waals surface area contributed by atoms with Crippen molar-refractivity contribution in [1.82, 2.24) is 19.4 Å². The second kappa shape index (κ2) is 14.3. The topological polar surface area (TPSA) is 98.2 Å². The zero-order chi connectivity index (χ0) is 29.4. The molecule has 11 heteroatoms. The van der Waals surface area contributed by atoms with Gasteiger partial charge in [-0.25, -0.2) is 4.98 Å². The third kappa shape index (κ3) is 8.22. The number of nitrogens with zero attached hydrogens (tertiary/aromatic N) is 4. The molecule has 0 unspecified atom stereocenters. The third-order valence-corrected chi connectivity index (χ3v) is 7.05. The van der Waals surface area contributed by atoms with Gasteiger partial charge in [-0.3, -0.25) is 24.4 Å². The molecule has 2 aromatic carbocycles. The highest BCUT2D eigenvalue weighted by Crippen LogP contribution is 2.32. The van der Waals surface area contributed by atoms with Crippen LogP contribution in [0.1, 0.15) is 20.3 Å². The van der Waals surface area contributed by atoms with Crippen LogP contribution in [-0.4, -0.2) is 91.3 Å². The average Bonchev–Trinajstić information content (AvgIpc) is 3.38. The summed E-state index contributed by atoms with van der Waals surface area (Å²) in [6.45, 7) is 8.03. The van der Waals surface area contributed by atoms with Crippen LogP contribution in [0.2, 0.25) is 5.02 Å². The van der Waals surface area contributed by atoms with Crippen LogP contribution in [0.5, 0.6) is 11.5 Å². The highest BCUT2D eigenvalue weighted by molar-refractivity contribution is 6.30. The maximum absolute atomic E-state index is 13.4. The zero-order valence-electron chi connectivity index (χ0n) is 24.1. The van der Waals surface area contributed by atoms with E-state index in [0.29, 0.717) is 66.6 Å². The molecular weight excluding hydrogens is 546 g/mol. The van der Waals surface area contributed by atoms with Crippen LogP contribution in [0.3, 0.4) is 0 Å². The number of halogens is 1. The molecule has 0 aliphatic carbocycles. The average molecular weight is 584 g/mol. The van der Waals surface area contributed by atoms with Gasteiger partial charge in [0.2, 0.25) is 17.8 Å². The van der Waals surface area contributed by atoms with Gasteiger partial charge in [0.05, 0.1) is 45.4 Å². The summed E-state index contributed by atoms with van der Waals surface area (Å²) in [5.74, 6) is 1.24. The Hall–Kier alpha value is -3.60. The first kappa shape index (κ1) is 30.4. The number of carbonyl (C=O) groups excluding carboxylic acids is 2. The molecular formula is C30H38ClN5O5. The number of benzene rings is 2. The number of rotatable bonds is 12. The van der Waals surface area contributed by atoms with Crippen molar-refractivity contribution in [1.29, 1.82) is 0 Å². The molecule has 1 aliphatic heterocycles. The molecule has 0 bridgehead atoms. The largest absolute Gasteiger partial charge is 0.493 e. The van der Waals surface area contributed by atoms with Gasteiger partial charge in [0.1, 0.15) is 0 Å². The van der Waals surface area contributed by atoms with E-state index >= 15 is 0 Å². The van der Waals surface area contributed by atoms with E-state index < -0.39 is 0 Å². The summed E-state index contributed by atoms with van der Waals surface area (Å²) < 4.78 is 18.1. The lowest BCUT2D eigenvalue weighted by Gasteiger charge is -2.30. The van der Waals surface area contributed by atoms with Gasteiger partial charge in [-0.2, -0.15) is 0 Å². The molecule has 0 atom stereocenters. The first-order valence-corrected chi connectivity index (χ1v) is 14.1. The Balaban J connectivity index is 1.59. The molecule has 41 heavy (non-hydrogen) atoms. The van der Waals surface area contributed by atoms with Crippen LogP contribution in [0.15, 0.2) is 48.7 Å². The van der Waals surface area contributed by atoms with Gasteiger partial charge in [-0.15, -0.1) is 0 Å². The van der Waals surface area contributed by atoms with Gasteiger partial charge < -0.3 is 19.1 Å². The van der Waals surface area contributed by atoms with Crippen molar-refractivity contribution >= 4 is 29.4 Å². The van der Waals surface area contributed by atoms with Crippen molar-refractivity contribution in [2.75, 3.05) is 65.5 Å². The summed E-state index contributed by atoms with van der Waals surface area (Å²) in [4.78, 5) is 35.1. The summed E-state index contributed by atoms with van der Waals surface area (Å²) in [6, 6.07) is 12.8. The molecule has 1 aromatic heterocycles. The van der Waals surface area contributed by atoms with E-state index in [-0.39, 0.29) is 24.3 Å². The van der Waals surface area contributed by atoms with Gasteiger partial charge in [0.15, 0.2) is 11.5 Å². The number of nitrogens with one attached hydrogen (secondary N) is 1. The smallest absolute Gasteiger partial charge is 0.246 e. The minimum absolute atomic E-state index is 0.0477. The van der Waals surface area contributed by atoms with Gasteiger partial charge in [-0.05, 0) is 30.2 Å². The molecule has 2 heterocycles. The number of amides is 2. The quantitative estimate of drug-likeness (QED) is 0.338. The number of ether oxygens (including phenoxy) is 3. The van der Waals surface area contributed by atoms with Crippen LogP contribution in [0.4, 0.5) is 5.95 Å². The molecule has 10 nitrogen and oxygen atoms in total. The van der Waals surface area contributed by atoms with Gasteiger partial charge in [-0.1, -0.05) is 37.6 Å². The summed E-state index contributed by atoms with van der Waals surface area (Å²) in [5, 5.41) is 3.56.